The van der Waals surface area contributed by atoms with E-state index in [1.807, 2.05) is 0 Å². The van der Waals surface area contributed by atoms with Gasteiger partial charge < -0.3 is 10.1 Å². The molecule has 0 aliphatic carbocycles. The Bertz CT molecular complexity index is 1270. The largest absolute Gasteiger partial charge is 0.495 e. The molecule has 2 aromatic heterocycles. The number of aromatic amines is 1. The van der Waals surface area contributed by atoms with E-state index < -0.39 is 0 Å². The first-order valence-corrected chi connectivity index (χ1v) is 9.83. The van der Waals surface area contributed by atoms with Crippen molar-refractivity contribution in [1.82, 2.24) is 19.6 Å². The molecule has 30 heavy (non-hydrogen) atoms. The number of aromatic nitrogens is 4. The van der Waals surface area contributed by atoms with E-state index in [2.05, 4.69) is 20.4 Å². The highest BCUT2D eigenvalue weighted by atomic mass is 32.2. The van der Waals surface area contributed by atoms with Crippen LogP contribution in [0.1, 0.15) is 0 Å². The van der Waals surface area contributed by atoms with E-state index in [1.54, 1.807) is 36.4 Å². The highest BCUT2D eigenvalue weighted by molar-refractivity contribution is 7.99. The number of nitrogens with zero attached hydrogens (tertiary/aromatic N) is 3. The van der Waals surface area contributed by atoms with Gasteiger partial charge in [-0.15, -0.1) is 0 Å². The Kier molecular flexibility index (Phi) is 5.48. The number of benzene rings is 2. The molecule has 0 atom stereocenters. The van der Waals surface area contributed by atoms with Crippen molar-refractivity contribution in [3.05, 3.63) is 70.8 Å². The van der Waals surface area contributed by atoms with Crippen molar-refractivity contribution in [2.45, 2.75) is 5.16 Å². The first-order valence-electron chi connectivity index (χ1n) is 8.85. The van der Waals surface area contributed by atoms with Crippen LogP contribution < -0.4 is 15.6 Å². The second kappa shape index (κ2) is 8.37. The van der Waals surface area contributed by atoms with Crippen molar-refractivity contribution in [3.8, 4) is 17.1 Å². The Labute approximate surface area is 174 Å². The first kappa shape index (κ1) is 19.6. The molecule has 4 aromatic rings. The number of para-hydroxylation sites is 2. The van der Waals surface area contributed by atoms with Crippen LogP contribution in [0.25, 0.3) is 17.0 Å². The van der Waals surface area contributed by atoms with Gasteiger partial charge in [0, 0.05) is 11.6 Å². The van der Waals surface area contributed by atoms with Crippen molar-refractivity contribution < 1.29 is 13.9 Å². The lowest BCUT2D eigenvalue weighted by Gasteiger charge is -2.10. The van der Waals surface area contributed by atoms with Crippen LogP contribution in [-0.2, 0) is 4.79 Å². The molecule has 10 heteroatoms. The molecule has 0 radical (unpaired) electrons. The number of anilines is 1. The van der Waals surface area contributed by atoms with Crippen LogP contribution in [0.3, 0.4) is 0 Å². The van der Waals surface area contributed by atoms with E-state index in [0.717, 1.165) is 11.8 Å². The molecule has 0 unspecified atom stereocenters. The zero-order valence-corrected chi connectivity index (χ0v) is 16.6. The summed E-state index contributed by atoms with van der Waals surface area (Å²) < 4.78 is 19.9. The molecule has 0 spiro atoms. The molecule has 2 heterocycles. The number of ether oxygens (including phenoxy) is 1. The minimum atomic E-state index is -0.375. The van der Waals surface area contributed by atoms with Crippen molar-refractivity contribution in [2.75, 3.05) is 18.2 Å². The zero-order chi connectivity index (χ0) is 21.1. The van der Waals surface area contributed by atoms with Crippen molar-refractivity contribution >= 4 is 29.0 Å². The summed E-state index contributed by atoms with van der Waals surface area (Å²) in [7, 11) is 1.52. The lowest BCUT2D eigenvalue weighted by molar-refractivity contribution is -0.113. The molecule has 0 fully saturated rings. The van der Waals surface area contributed by atoms with Crippen LogP contribution in [-0.4, -0.2) is 38.4 Å². The maximum Gasteiger partial charge on any atom is 0.266 e. The molecule has 152 valence electrons. The summed E-state index contributed by atoms with van der Waals surface area (Å²) in [6.45, 7) is 0. The van der Waals surface area contributed by atoms with Gasteiger partial charge in [-0.1, -0.05) is 23.9 Å². The Hall–Kier alpha value is -3.66. The van der Waals surface area contributed by atoms with Crippen LogP contribution in [0.15, 0.2) is 64.5 Å². The van der Waals surface area contributed by atoms with Gasteiger partial charge in [0.05, 0.1) is 18.6 Å². The molecule has 4 rings (SSSR count). The standard InChI is InChI=1S/C20H16FN5O3S/c1-29-15-5-3-2-4-14(15)22-18(28)11-30-20-24-19(12-6-8-13(21)9-7-12)23-16-10-17(27)25-26(16)20/h2-10H,11H2,1H3,(H,22,28)(H,25,27). The summed E-state index contributed by atoms with van der Waals surface area (Å²) in [4.78, 5) is 33.0. The second-order valence-electron chi connectivity index (χ2n) is 6.19. The van der Waals surface area contributed by atoms with Gasteiger partial charge in [0.2, 0.25) is 5.91 Å². The number of carbonyl (C=O) groups excluding carboxylic acids is 1. The summed E-state index contributed by atoms with van der Waals surface area (Å²) in [5.74, 6) is 0.261. The maximum atomic E-state index is 13.2. The van der Waals surface area contributed by atoms with Crippen molar-refractivity contribution in [1.29, 1.82) is 0 Å². The van der Waals surface area contributed by atoms with E-state index in [-0.39, 0.29) is 23.0 Å². The molecular formula is C20H16FN5O3S. The SMILES string of the molecule is COc1ccccc1NC(=O)CSc1nc(-c2ccc(F)cc2)nc2cc(=O)[nH]n12. The molecule has 0 aliphatic rings. The average molecular weight is 425 g/mol. The summed E-state index contributed by atoms with van der Waals surface area (Å²) in [5, 5.41) is 5.77. The van der Waals surface area contributed by atoms with Gasteiger partial charge in [-0.05, 0) is 36.4 Å². The summed E-state index contributed by atoms with van der Waals surface area (Å²) in [5.41, 5.74) is 1.15. The first-order chi connectivity index (χ1) is 14.5. The number of halogens is 1. The predicted octanol–water partition coefficient (Wildman–Crippen LogP) is 2.96. The van der Waals surface area contributed by atoms with Gasteiger partial charge in [-0.3, -0.25) is 14.7 Å². The molecule has 2 aromatic carbocycles. The minimum absolute atomic E-state index is 0.0350. The van der Waals surface area contributed by atoms with Gasteiger partial charge in [-0.25, -0.2) is 18.9 Å². The molecule has 0 aliphatic heterocycles. The Balaban J connectivity index is 1.59. The fourth-order valence-corrected chi connectivity index (χ4v) is 3.52. The highest BCUT2D eigenvalue weighted by Gasteiger charge is 2.14. The minimum Gasteiger partial charge on any atom is -0.495 e. The number of fused-ring (bicyclic) bond motifs is 1. The zero-order valence-electron chi connectivity index (χ0n) is 15.8. The summed E-state index contributed by atoms with van der Waals surface area (Å²) in [6, 6.07) is 14.1. The third-order valence-electron chi connectivity index (χ3n) is 4.14. The topological polar surface area (TPSA) is 101 Å². The second-order valence-corrected chi connectivity index (χ2v) is 7.13. The van der Waals surface area contributed by atoms with E-state index in [0.29, 0.717) is 33.6 Å². The van der Waals surface area contributed by atoms with Crippen molar-refractivity contribution in [2.24, 2.45) is 0 Å². The Morgan fingerprint density at radius 2 is 1.97 bits per heavy atom. The van der Waals surface area contributed by atoms with Crippen LogP contribution in [0, 0.1) is 5.82 Å². The number of methoxy groups -OCH3 is 1. The highest BCUT2D eigenvalue weighted by Crippen LogP contribution is 2.25. The number of thioether (sulfide) groups is 1. The quantitative estimate of drug-likeness (QED) is 0.461. The Morgan fingerprint density at radius 3 is 2.73 bits per heavy atom. The van der Waals surface area contributed by atoms with Crippen LogP contribution in [0.5, 0.6) is 5.75 Å². The average Bonchev–Trinajstić information content (AvgIpc) is 3.13. The van der Waals surface area contributed by atoms with Crippen LogP contribution >= 0.6 is 11.8 Å². The van der Waals surface area contributed by atoms with E-state index in [1.165, 1.54) is 29.8 Å². The lowest BCUT2D eigenvalue weighted by Crippen LogP contribution is -2.15. The fraction of sp³-hybridized carbons (Fsp3) is 0.100. The number of carbonyl (C=O) groups is 1. The molecule has 0 saturated heterocycles. The monoisotopic (exact) mass is 425 g/mol. The molecular weight excluding hydrogens is 409 g/mol. The smallest absolute Gasteiger partial charge is 0.266 e. The van der Waals surface area contributed by atoms with Crippen LogP contribution in [0.4, 0.5) is 10.1 Å². The number of amides is 1. The number of rotatable bonds is 6. The van der Waals surface area contributed by atoms with Crippen molar-refractivity contribution in [3.63, 3.8) is 0 Å². The normalized spacial score (nSPS) is 10.9. The number of H-pyrrole nitrogens is 1. The number of hydrogen-bond donors (Lipinski definition) is 2. The molecule has 8 nitrogen and oxygen atoms in total. The summed E-state index contributed by atoms with van der Waals surface area (Å²) >= 11 is 1.13. The van der Waals surface area contributed by atoms with Gasteiger partial charge in [0.25, 0.3) is 5.56 Å². The van der Waals surface area contributed by atoms with Crippen LogP contribution in [0.2, 0.25) is 0 Å². The molecule has 1 amide bonds. The fourth-order valence-electron chi connectivity index (χ4n) is 2.77. The molecule has 2 N–H and O–H groups in total. The molecule has 0 saturated carbocycles. The maximum absolute atomic E-state index is 13.2. The Morgan fingerprint density at radius 1 is 1.20 bits per heavy atom. The van der Waals surface area contributed by atoms with Gasteiger partial charge in [0.15, 0.2) is 16.6 Å². The third kappa shape index (κ3) is 4.18. The number of hydrogen-bond acceptors (Lipinski definition) is 6. The summed E-state index contributed by atoms with van der Waals surface area (Å²) in [6.07, 6.45) is 0. The van der Waals surface area contributed by atoms with Gasteiger partial charge in [-0.2, -0.15) is 0 Å². The van der Waals surface area contributed by atoms with Gasteiger partial charge in [0.1, 0.15) is 11.6 Å². The molecule has 0 bridgehead atoms. The third-order valence-corrected chi connectivity index (χ3v) is 5.08. The van der Waals surface area contributed by atoms with Gasteiger partial charge >= 0.3 is 0 Å². The van der Waals surface area contributed by atoms with E-state index in [4.69, 9.17) is 4.74 Å². The van der Waals surface area contributed by atoms with E-state index >= 15 is 0 Å². The lowest BCUT2D eigenvalue weighted by atomic mass is 10.2. The predicted molar refractivity (Wildman–Crippen MR) is 111 cm³/mol. The number of nitrogens with one attached hydrogen (secondary N) is 2. The van der Waals surface area contributed by atoms with E-state index in [9.17, 15) is 14.0 Å².